The predicted octanol–water partition coefficient (Wildman–Crippen LogP) is 3.61. The van der Waals surface area contributed by atoms with E-state index in [1.165, 1.54) is 6.07 Å². The van der Waals surface area contributed by atoms with Crippen LogP contribution in [0.1, 0.15) is 42.3 Å². The van der Waals surface area contributed by atoms with Crippen molar-refractivity contribution in [1.82, 2.24) is 14.8 Å². The molecule has 1 N–H and O–H groups in total. The van der Waals surface area contributed by atoms with Crippen molar-refractivity contribution in [3.05, 3.63) is 65.1 Å². The van der Waals surface area contributed by atoms with Gasteiger partial charge in [-0.25, -0.2) is 9.37 Å². The maximum absolute atomic E-state index is 14.1. The second-order valence-electron chi connectivity index (χ2n) is 8.53. The van der Waals surface area contributed by atoms with Crippen LogP contribution in [-0.4, -0.2) is 64.7 Å². The Labute approximate surface area is 189 Å². The van der Waals surface area contributed by atoms with E-state index < -0.39 is 0 Å². The Kier molecular flexibility index (Phi) is 7.99. The molecule has 0 saturated carbocycles. The fourth-order valence-corrected chi connectivity index (χ4v) is 3.91. The summed E-state index contributed by atoms with van der Waals surface area (Å²) in [6.45, 7) is 7.03. The molecule has 0 aliphatic carbocycles. The summed E-state index contributed by atoms with van der Waals surface area (Å²) in [6, 6.07) is 8.18. The van der Waals surface area contributed by atoms with E-state index in [0.29, 0.717) is 30.8 Å². The highest BCUT2D eigenvalue weighted by atomic mass is 19.1. The summed E-state index contributed by atoms with van der Waals surface area (Å²) in [5, 5.41) is 9.75. The standard InChI is InChI=1S/C25H32FN3O3/c1-5-8-19-11-21-24(27-12-19)32-23(17(2)13-29(25(21)31)18(3)16-30)15-28(4)14-20-9-6-7-10-22(20)26/h5-12,17-18,23,30H,13-16H2,1-4H3/t17-,18+,23-/m1/s1. The van der Waals surface area contributed by atoms with E-state index in [4.69, 9.17) is 4.74 Å². The first-order valence-corrected chi connectivity index (χ1v) is 11.0. The van der Waals surface area contributed by atoms with Crippen LogP contribution in [0.3, 0.4) is 0 Å². The Morgan fingerprint density at radius 2 is 2.16 bits per heavy atom. The van der Waals surface area contributed by atoms with E-state index in [0.717, 1.165) is 5.56 Å². The number of allylic oxidation sites excluding steroid dienone is 1. The van der Waals surface area contributed by atoms with Gasteiger partial charge in [0.2, 0.25) is 5.88 Å². The highest BCUT2D eigenvalue weighted by molar-refractivity contribution is 5.97. The minimum Gasteiger partial charge on any atom is -0.472 e. The van der Waals surface area contributed by atoms with Crippen molar-refractivity contribution in [3.8, 4) is 5.88 Å². The Balaban J connectivity index is 1.90. The van der Waals surface area contributed by atoms with Gasteiger partial charge in [0.15, 0.2) is 0 Å². The Bertz CT molecular complexity index is 965. The van der Waals surface area contributed by atoms with Gasteiger partial charge in [-0.3, -0.25) is 9.69 Å². The first kappa shape index (κ1) is 23.9. The minimum atomic E-state index is -0.335. The molecule has 0 bridgehead atoms. The summed E-state index contributed by atoms with van der Waals surface area (Å²) < 4.78 is 20.4. The number of fused-ring (bicyclic) bond motifs is 1. The number of nitrogens with zero attached hydrogens (tertiary/aromatic N) is 3. The molecule has 1 amide bonds. The smallest absolute Gasteiger partial charge is 0.259 e. The monoisotopic (exact) mass is 441 g/mol. The summed E-state index contributed by atoms with van der Waals surface area (Å²) >= 11 is 0. The molecular formula is C25H32FN3O3. The molecule has 0 spiro atoms. The van der Waals surface area contributed by atoms with Crippen LogP contribution in [0.25, 0.3) is 6.08 Å². The van der Waals surface area contributed by atoms with Crippen molar-refractivity contribution >= 4 is 12.0 Å². The molecule has 3 rings (SSSR count). The van der Waals surface area contributed by atoms with Gasteiger partial charge in [-0.05, 0) is 38.6 Å². The van der Waals surface area contributed by atoms with Crippen LogP contribution in [0.4, 0.5) is 4.39 Å². The fourth-order valence-electron chi connectivity index (χ4n) is 3.91. The van der Waals surface area contributed by atoms with Crippen LogP contribution in [-0.2, 0) is 6.54 Å². The van der Waals surface area contributed by atoms with Crippen molar-refractivity contribution in [1.29, 1.82) is 0 Å². The summed E-state index contributed by atoms with van der Waals surface area (Å²) in [5.74, 6) is -0.177. The summed E-state index contributed by atoms with van der Waals surface area (Å²) in [5.41, 5.74) is 1.81. The molecule has 0 unspecified atom stereocenters. The number of aromatic nitrogens is 1. The fraction of sp³-hybridized carbons (Fsp3) is 0.440. The highest BCUT2D eigenvalue weighted by Gasteiger charge is 2.34. The van der Waals surface area contributed by atoms with Crippen molar-refractivity contribution < 1.29 is 19.0 Å². The van der Waals surface area contributed by atoms with Crippen LogP contribution >= 0.6 is 0 Å². The van der Waals surface area contributed by atoms with E-state index in [-0.39, 0.29) is 42.3 Å². The number of carbonyl (C=O) groups excluding carboxylic acids is 1. The lowest BCUT2D eigenvalue weighted by Crippen LogP contribution is -2.49. The van der Waals surface area contributed by atoms with Gasteiger partial charge in [0.05, 0.1) is 12.6 Å². The third kappa shape index (κ3) is 5.53. The molecule has 172 valence electrons. The Hall–Kier alpha value is -2.77. The number of aliphatic hydroxyl groups excluding tert-OH is 1. The number of hydrogen-bond donors (Lipinski definition) is 1. The number of ether oxygens (including phenoxy) is 1. The van der Waals surface area contributed by atoms with E-state index in [2.05, 4.69) is 4.98 Å². The molecule has 6 nitrogen and oxygen atoms in total. The zero-order valence-corrected chi connectivity index (χ0v) is 19.2. The second-order valence-corrected chi connectivity index (χ2v) is 8.53. The maximum atomic E-state index is 14.1. The zero-order chi connectivity index (χ0) is 23.3. The molecule has 2 aromatic rings. The molecule has 0 radical (unpaired) electrons. The van der Waals surface area contributed by atoms with Gasteiger partial charge in [-0.15, -0.1) is 0 Å². The number of rotatable bonds is 7. The van der Waals surface area contributed by atoms with Crippen molar-refractivity contribution in [2.75, 3.05) is 26.7 Å². The van der Waals surface area contributed by atoms with E-state index in [1.54, 1.807) is 29.3 Å². The predicted molar refractivity (Wildman–Crippen MR) is 123 cm³/mol. The van der Waals surface area contributed by atoms with Crippen LogP contribution < -0.4 is 4.74 Å². The molecule has 0 saturated heterocycles. The number of pyridine rings is 1. The summed E-state index contributed by atoms with van der Waals surface area (Å²) in [4.78, 5) is 21.5. The lowest BCUT2D eigenvalue weighted by Gasteiger charge is -2.37. The molecule has 1 aromatic heterocycles. The van der Waals surface area contributed by atoms with Crippen LogP contribution in [0.5, 0.6) is 5.88 Å². The third-order valence-corrected chi connectivity index (χ3v) is 5.79. The first-order chi connectivity index (χ1) is 15.3. The van der Waals surface area contributed by atoms with Crippen LogP contribution in [0.15, 0.2) is 42.6 Å². The van der Waals surface area contributed by atoms with E-state index >= 15 is 0 Å². The van der Waals surface area contributed by atoms with Crippen LogP contribution in [0.2, 0.25) is 0 Å². The molecule has 1 aromatic carbocycles. The summed E-state index contributed by atoms with van der Waals surface area (Å²) in [7, 11) is 1.92. The minimum absolute atomic E-state index is 0.0267. The second kappa shape index (κ2) is 10.7. The average Bonchev–Trinajstić information content (AvgIpc) is 2.78. The quantitative estimate of drug-likeness (QED) is 0.711. The third-order valence-electron chi connectivity index (χ3n) is 5.79. The Morgan fingerprint density at radius 1 is 1.41 bits per heavy atom. The van der Waals surface area contributed by atoms with Crippen LogP contribution in [0, 0.1) is 11.7 Å². The molecule has 1 aliphatic heterocycles. The van der Waals surface area contributed by atoms with Crippen molar-refractivity contribution in [2.24, 2.45) is 5.92 Å². The van der Waals surface area contributed by atoms with Gasteiger partial charge < -0.3 is 14.7 Å². The molecule has 0 fully saturated rings. The largest absolute Gasteiger partial charge is 0.472 e. The summed E-state index contributed by atoms with van der Waals surface area (Å²) in [6.07, 6.45) is 5.17. The molecule has 2 heterocycles. The molecule has 32 heavy (non-hydrogen) atoms. The SMILES string of the molecule is CC=Cc1cnc2c(c1)C(=O)N([C@@H](C)CO)C[C@@H](C)[C@@H](CN(C)Cc1ccccc1F)O2. The normalized spacial score (nSPS) is 20.1. The Morgan fingerprint density at radius 3 is 2.84 bits per heavy atom. The van der Waals surface area contributed by atoms with Crippen molar-refractivity contribution in [2.45, 2.75) is 39.5 Å². The average molecular weight is 442 g/mol. The topological polar surface area (TPSA) is 65.9 Å². The number of hydrogen-bond acceptors (Lipinski definition) is 5. The van der Waals surface area contributed by atoms with Gasteiger partial charge in [0.25, 0.3) is 5.91 Å². The van der Waals surface area contributed by atoms with Gasteiger partial charge in [0, 0.05) is 37.3 Å². The lowest BCUT2D eigenvalue weighted by atomic mass is 9.99. The first-order valence-electron chi connectivity index (χ1n) is 11.0. The van der Waals surface area contributed by atoms with Gasteiger partial charge in [-0.2, -0.15) is 0 Å². The van der Waals surface area contributed by atoms with Gasteiger partial charge in [-0.1, -0.05) is 37.3 Å². The molecule has 3 atom stereocenters. The molecule has 1 aliphatic rings. The lowest BCUT2D eigenvalue weighted by molar-refractivity contribution is 0.0324. The highest BCUT2D eigenvalue weighted by Crippen LogP contribution is 2.28. The number of amides is 1. The molecule has 7 heteroatoms. The van der Waals surface area contributed by atoms with Crippen molar-refractivity contribution in [3.63, 3.8) is 0 Å². The van der Waals surface area contributed by atoms with E-state index in [9.17, 15) is 14.3 Å². The van der Waals surface area contributed by atoms with E-state index in [1.807, 2.05) is 50.9 Å². The molecular weight excluding hydrogens is 409 g/mol. The number of benzene rings is 1. The van der Waals surface area contributed by atoms with Gasteiger partial charge in [0.1, 0.15) is 17.5 Å². The number of halogens is 1. The number of likely N-dealkylation sites (N-methyl/N-ethyl adjacent to an activating group) is 1. The zero-order valence-electron chi connectivity index (χ0n) is 19.2. The van der Waals surface area contributed by atoms with Gasteiger partial charge >= 0.3 is 0 Å². The number of carbonyl (C=O) groups is 1. The number of aliphatic hydroxyl groups is 1. The maximum Gasteiger partial charge on any atom is 0.259 e.